The van der Waals surface area contributed by atoms with Crippen LogP contribution in [0.3, 0.4) is 0 Å². The number of imidazole rings is 1. The first-order chi connectivity index (χ1) is 19.6. The number of piperidine rings is 1. The number of carbonyl (C=O) groups is 1. The van der Waals surface area contributed by atoms with Crippen LogP contribution in [0.5, 0.6) is 5.75 Å². The fraction of sp³-hybridized carbons (Fsp3) is 0.600. The van der Waals surface area contributed by atoms with Crippen molar-refractivity contribution in [2.75, 3.05) is 30.8 Å². The normalized spacial score (nSPS) is 22.5. The van der Waals surface area contributed by atoms with Gasteiger partial charge in [-0.1, -0.05) is 25.0 Å². The molecule has 40 heavy (non-hydrogen) atoms. The monoisotopic (exact) mass is 546 g/mol. The molecule has 6 rings (SSSR count). The average Bonchev–Trinajstić information content (AvgIpc) is 3.65. The summed E-state index contributed by atoms with van der Waals surface area (Å²) < 4.78 is 7.57. The van der Waals surface area contributed by atoms with Crippen LogP contribution in [0.1, 0.15) is 75.8 Å². The summed E-state index contributed by atoms with van der Waals surface area (Å²) in [5.41, 5.74) is 8.86. The summed E-state index contributed by atoms with van der Waals surface area (Å²) in [7, 11) is 1.65. The zero-order chi connectivity index (χ0) is 27.5. The molecule has 0 bridgehead atoms. The Hall–Kier alpha value is -3.40. The van der Waals surface area contributed by atoms with E-state index in [1.54, 1.807) is 7.11 Å². The van der Waals surface area contributed by atoms with Crippen molar-refractivity contribution in [3.05, 3.63) is 36.2 Å². The third-order valence-electron chi connectivity index (χ3n) is 8.92. The largest absolute Gasteiger partial charge is 0.497 e. The minimum Gasteiger partial charge on any atom is -0.497 e. The van der Waals surface area contributed by atoms with E-state index in [0.717, 1.165) is 79.9 Å². The number of carbonyl (C=O) groups excluding carboxylic acids is 1. The van der Waals surface area contributed by atoms with Gasteiger partial charge < -0.3 is 30.6 Å². The van der Waals surface area contributed by atoms with Crippen LogP contribution in [0, 0.1) is 0 Å². The number of methoxy groups -OCH3 is 1. The highest BCUT2D eigenvalue weighted by atomic mass is 16.5. The van der Waals surface area contributed by atoms with Crippen molar-refractivity contribution < 1.29 is 9.53 Å². The van der Waals surface area contributed by atoms with Crippen molar-refractivity contribution in [1.82, 2.24) is 24.4 Å². The van der Waals surface area contributed by atoms with Gasteiger partial charge in [0.15, 0.2) is 17.0 Å². The van der Waals surface area contributed by atoms with E-state index in [-0.39, 0.29) is 11.9 Å². The number of ether oxygens (including phenoxy) is 1. The number of benzene rings is 1. The van der Waals surface area contributed by atoms with Crippen molar-refractivity contribution in [1.29, 1.82) is 0 Å². The molecule has 2 aliphatic carbocycles. The lowest BCUT2D eigenvalue weighted by Crippen LogP contribution is -2.43. The maximum atomic E-state index is 13.0. The minimum absolute atomic E-state index is 0.158. The summed E-state index contributed by atoms with van der Waals surface area (Å²) in [5.74, 6) is 2.39. The molecular formula is C30H42N8O2. The lowest BCUT2D eigenvalue weighted by atomic mass is 9.92. The molecule has 3 aromatic rings. The second-order valence-corrected chi connectivity index (χ2v) is 11.7. The standard InChI is InChI=1S/C30H42N8O2/c1-40-25-8-4-5-20(17-25)18-26(39)37-15-13-23(14-16-37)33-28-27-29(38(19-32-27)24-6-2-3-7-24)36-30(35-28)34-22-11-9-21(31)10-12-22/h4-5,8,17,19,21-24H,2-3,6-7,9-16,18,31H2,1H3,(H2,33,34,35,36). The van der Waals surface area contributed by atoms with Crippen LogP contribution in [0.4, 0.5) is 11.8 Å². The Morgan fingerprint density at radius 1 is 1.00 bits per heavy atom. The van der Waals surface area contributed by atoms with Crippen LogP contribution in [0.15, 0.2) is 30.6 Å². The van der Waals surface area contributed by atoms with Crippen molar-refractivity contribution in [3.8, 4) is 5.75 Å². The third kappa shape index (κ3) is 6.01. The summed E-state index contributed by atoms with van der Waals surface area (Å²) in [4.78, 5) is 29.7. The number of likely N-dealkylation sites (tertiary alicyclic amines) is 1. The van der Waals surface area contributed by atoms with E-state index in [9.17, 15) is 4.79 Å². The van der Waals surface area contributed by atoms with E-state index < -0.39 is 0 Å². The molecule has 3 aliphatic rings. The molecule has 4 N–H and O–H groups in total. The van der Waals surface area contributed by atoms with Gasteiger partial charge in [-0.05, 0) is 69.1 Å². The highest BCUT2D eigenvalue weighted by Gasteiger charge is 2.27. The Kier molecular flexibility index (Phi) is 8.04. The number of fused-ring (bicyclic) bond motifs is 1. The summed E-state index contributed by atoms with van der Waals surface area (Å²) in [6.45, 7) is 1.44. The lowest BCUT2D eigenvalue weighted by Gasteiger charge is -2.33. The number of nitrogens with one attached hydrogen (secondary N) is 2. The Labute approximate surface area is 236 Å². The first-order valence-corrected chi connectivity index (χ1v) is 15.0. The Bertz CT molecular complexity index is 1300. The predicted molar refractivity (Wildman–Crippen MR) is 157 cm³/mol. The van der Waals surface area contributed by atoms with E-state index in [4.69, 9.17) is 25.4 Å². The first kappa shape index (κ1) is 26.8. The van der Waals surface area contributed by atoms with Gasteiger partial charge in [0, 0.05) is 37.3 Å². The first-order valence-electron chi connectivity index (χ1n) is 15.0. The molecule has 10 heteroatoms. The molecule has 2 saturated carbocycles. The average molecular weight is 547 g/mol. The third-order valence-corrected chi connectivity index (χ3v) is 8.92. The number of amides is 1. The number of hydrogen-bond acceptors (Lipinski definition) is 8. The number of hydrogen-bond donors (Lipinski definition) is 3. The van der Waals surface area contributed by atoms with Gasteiger partial charge in [0.25, 0.3) is 0 Å². The molecule has 1 saturated heterocycles. The highest BCUT2D eigenvalue weighted by Crippen LogP contribution is 2.34. The van der Waals surface area contributed by atoms with Gasteiger partial charge in [0.1, 0.15) is 5.75 Å². The molecule has 214 valence electrons. The molecule has 0 unspecified atom stereocenters. The summed E-state index contributed by atoms with van der Waals surface area (Å²) in [5, 5.41) is 7.31. The van der Waals surface area contributed by atoms with Crippen molar-refractivity contribution in [2.45, 2.75) is 94.8 Å². The number of aromatic nitrogens is 4. The van der Waals surface area contributed by atoms with E-state index in [1.165, 1.54) is 25.7 Å². The fourth-order valence-corrected chi connectivity index (χ4v) is 6.51. The maximum Gasteiger partial charge on any atom is 0.227 e. The molecule has 0 radical (unpaired) electrons. The molecule has 0 spiro atoms. The Morgan fingerprint density at radius 2 is 1.75 bits per heavy atom. The minimum atomic E-state index is 0.158. The lowest BCUT2D eigenvalue weighted by molar-refractivity contribution is -0.131. The van der Waals surface area contributed by atoms with Crippen LogP contribution in [0.25, 0.3) is 11.2 Å². The van der Waals surface area contributed by atoms with Crippen molar-refractivity contribution in [2.24, 2.45) is 5.73 Å². The van der Waals surface area contributed by atoms with Crippen LogP contribution in [-0.4, -0.2) is 68.7 Å². The second kappa shape index (κ2) is 12.0. The second-order valence-electron chi connectivity index (χ2n) is 11.7. The van der Waals surface area contributed by atoms with Crippen LogP contribution in [-0.2, 0) is 11.2 Å². The van der Waals surface area contributed by atoms with E-state index >= 15 is 0 Å². The van der Waals surface area contributed by atoms with Gasteiger partial charge in [0.2, 0.25) is 11.9 Å². The highest BCUT2D eigenvalue weighted by molar-refractivity contribution is 5.84. The molecule has 3 fully saturated rings. The zero-order valence-corrected chi connectivity index (χ0v) is 23.5. The van der Waals surface area contributed by atoms with E-state index in [0.29, 0.717) is 30.5 Å². The number of nitrogens with two attached hydrogens (primary N) is 1. The van der Waals surface area contributed by atoms with Gasteiger partial charge in [-0.15, -0.1) is 0 Å². The molecular weight excluding hydrogens is 504 g/mol. The van der Waals surface area contributed by atoms with E-state index in [2.05, 4.69) is 15.2 Å². The Balaban J connectivity index is 1.15. The molecule has 1 aromatic carbocycles. The van der Waals surface area contributed by atoms with Gasteiger partial charge in [0.05, 0.1) is 19.9 Å². The van der Waals surface area contributed by atoms with Crippen molar-refractivity contribution in [3.63, 3.8) is 0 Å². The smallest absolute Gasteiger partial charge is 0.227 e. The molecule has 1 aliphatic heterocycles. The van der Waals surface area contributed by atoms with Gasteiger partial charge in [-0.2, -0.15) is 9.97 Å². The number of nitrogens with zero attached hydrogens (tertiary/aromatic N) is 5. The number of anilines is 2. The van der Waals surface area contributed by atoms with Crippen LogP contribution in [0.2, 0.25) is 0 Å². The van der Waals surface area contributed by atoms with Gasteiger partial charge in [-0.25, -0.2) is 4.98 Å². The van der Waals surface area contributed by atoms with Crippen molar-refractivity contribution >= 4 is 28.8 Å². The molecule has 0 atom stereocenters. The SMILES string of the molecule is COc1cccc(CC(=O)N2CCC(Nc3nc(NC4CCC(N)CC4)nc4c3ncn4C3CCCC3)CC2)c1. The molecule has 3 heterocycles. The zero-order valence-electron chi connectivity index (χ0n) is 23.5. The summed E-state index contributed by atoms with van der Waals surface area (Å²) >= 11 is 0. The molecule has 1 amide bonds. The van der Waals surface area contributed by atoms with Gasteiger partial charge >= 0.3 is 0 Å². The predicted octanol–water partition coefficient (Wildman–Crippen LogP) is 4.28. The fourth-order valence-electron chi connectivity index (χ4n) is 6.51. The van der Waals surface area contributed by atoms with Crippen LogP contribution < -0.4 is 21.1 Å². The summed E-state index contributed by atoms with van der Waals surface area (Å²) in [6.07, 6.45) is 13.0. The quantitative estimate of drug-likeness (QED) is 0.383. The molecule has 2 aromatic heterocycles. The van der Waals surface area contributed by atoms with Gasteiger partial charge in [-0.3, -0.25) is 4.79 Å². The topological polar surface area (TPSA) is 123 Å². The van der Waals surface area contributed by atoms with Crippen LogP contribution >= 0.6 is 0 Å². The Morgan fingerprint density at radius 3 is 2.50 bits per heavy atom. The summed E-state index contributed by atoms with van der Waals surface area (Å²) in [6, 6.07) is 9.06. The van der Waals surface area contributed by atoms with E-state index in [1.807, 2.05) is 35.5 Å². The maximum absolute atomic E-state index is 13.0. The number of rotatable bonds is 8. The molecule has 10 nitrogen and oxygen atoms in total.